The lowest BCUT2D eigenvalue weighted by molar-refractivity contribution is -0.145. The normalized spacial score (nSPS) is 18.0. The predicted molar refractivity (Wildman–Crippen MR) is 79.7 cm³/mol. The molecule has 0 bridgehead atoms. The second-order valence-corrected chi connectivity index (χ2v) is 5.57. The molecule has 0 saturated carbocycles. The molecule has 6 heteroatoms. The van der Waals surface area contributed by atoms with E-state index in [1.54, 1.807) is 34.9 Å². The molecule has 1 N–H and O–H groups in total. The van der Waals surface area contributed by atoms with Crippen LogP contribution in [-0.4, -0.2) is 59.0 Å². The Labute approximate surface area is 129 Å². The third-order valence-corrected chi connectivity index (χ3v) is 4.00. The molecule has 1 saturated heterocycles. The Morgan fingerprint density at radius 3 is 2.05 bits per heavy atom. The number of nitrogens with zero attached hydrogens (tertiary/aromatic N) is 2. The van der Waals surface area contributed by atoms with Crippen molar-refractivity contribution in [1.82, 2.24) is 9.80 Å². The van der Waals surface area contributed by atoms with E-state index in [4.69, 9.17) is 0 Å². The largest absolute Gasteiger partial charge is 0.384 e. The van der Waals surface area contributed by atoms with Crippen LogP contribution in [0.2, 0.25) is 0 Å². The van der Waals surface area contributed by atoms with Gasteiger partial charge in [0.1, 0.15) is 11.9 Å². The van der Waals surface area contributed by atoms with E-state index in [1.165, 1.54) is 13.0 Å². The van der Waals surface area contributed by atoms with E-state index in [1.807, 2.05) is 0 Å². The standard InChI is InChI=1S/C16H21FN2O3/c1-11(13-5-3-4-6-14(13)17)15(21)18-7-9-19(10-8-18)16(22)12(2)20/h3-6,11-12,20H,7-10H2,1-2H3. The van der Waals surface area contributed by atoms with E-state index in [0.29, 0.717) is 31.7 Å². The fourth-order valence-corrected chi connectivity index (χ4v) is 2.64. The van der Waals surface area contributed by atoms with Crippen LogP contribution in [0.15, 0.2) is 24.3 Å². The number of rotatable bonds is 3. The number of amides is 2. The highest BCUT2D eigenvalue weighted by Crippen LogP contribution is 2.21. The van der Waals surface area contributed by atoms with Gasteiger partial charge in [-0.3, -0.25) is 9.59 Å². The molecule has 1 fully saturated rings. The number of hydrogen-bond donors (Lipinski definition) is 1. The van der Waals surface area contributed by atoms with Gasteiger partial charge in [-0.15, -0.1) is 0 Å². The molecular formula is C16H21FN2O3. The van der Waals surface area contributed by atoms with Gasteiger partial charge in [0.05, 0.1) is 5.92 Å². The van der Waals surface area contributed by atoms with Crippen molar-refractivity contribution in [2.24, 2.45) is 0 Å². The lowest BCUT2D eigenvalue weighted by Gasteiger charge is -2.36. The summed E-state index contributed by atoms with van der Waals surface area (Å²) in [5.74, 6) is -1.41. The van der Waals surface area contributed by atoms with Gasteiger partial charge in [0.2, 0.25) is 5.91 Å². The Morgan fingerprint density at radius 2 is 1.55 bits per heavy atom. The Bertz CT molecular complexity index is 554. The summed E-state index contributed by atoms with van der Waals surface area (Å²) in [6, 6.07) is 6.27. The van der Waals surface area contributed by atoms with Gasteiger partial charge in [-0.2, -0.15) is 0 Å². The Balaban J connectivity index is 1.98. The summed E-state index contributed by atoms with van der Waals surface area (Å²) in [7, 11) is 0. The van der Waals surface area contributed by atoms with Gasteiger partial charge in [-0.05, 0) is 25.5 Å². The molecule has 22 heavy (non-hydrogen) atoms. The van der Waals surface area contributed by atoms with Crippen LogP contribution in [-0.2, 0) is 9.59 Å². The van der Waals surface area contributed by atoms with Gasteiger partial charge in [0, 0.05) is 26.2 Å². The number of carbonyl (C=O) groups is 2. The van der Waals surface area contributed by atoms with Crippen LogP contribution in [0.4, 0.5) is 4.39 Å². The summed E-state index contributed by atoms with van der Waals surface area (Å²) in [4.78, 5) is 27.4. The van der Waals surface area contributed by atoms with Crippen molar-refractivity contribution in [3.63, 3.8) is 0 Å². The number of aliphatic hydroxyl groups is 1. The number of carbonyl (C=O) groups excluding carboxylic acids is 2. The first-order valence-corrected chi connectivity index (χ1v) is 7.42. The van der Waals surface area contributed by atoms with Crippen LogP contribution in [0.5, 0.6) is 0 Å². The van der Waals surface area contributed by atoms with Crippen molar-refractivity contribution in [3.05, 3.63) is 35.6 Å². The lowest BCUT2D eigenvalue weighted by atomic mass is 9.99. The van der Waals surface area contributed by atoms with Crippen LogP contribution in [0.25, 0.3) is 0 Å². The molecule has 2 unspecified atom stereocenters. The third-order valence-electron chi connectivity index (χ3n) is 4.00. The van der Waals surface area contributed by atoms with Gasteiger partial charge in [-0.25, -0.2) is 4.39 Å². The van der Waals surface area contributed by atoms with Crippen molar-refractivity contribution in [3.8, 4) is 0 Å². The minimum atomic E-state index is -1.03. The Kier molecular flexibility index (Phi) is 5.13. The topological polar surface area (TPSA) is 60.9 Å². The van der Waals surface area contributed by atoms with E-state index >= 15 is 0 Å². The molecule has 1 heterocycles. The third kappa shape index (κ3) is 3.44. The summed E-state index contributed by atoms with van der Waals surface area (Å²) in [6.07, 6.45) is -1.03. The summed E-state index contributed by atoms with van der Waals surface area (Å²) in [6.45, 7) is 4.69. The maximum atomic E-state index is 13.8. The molecule has 1 aromatic rings. The second-order valence-electron chi connectivity index (χ2n) is 5.57. The highest BCUT2D eigenvalue weighted by atomic mass is 19.1. The van der Waals surface area contributed by atoms with Crippen molar-refractivity contribution >= 4 is 11.8 Å². The maximum Gasteiger partial charge on any atom is 0.251 e. The highest BCUT2D eigenvalue weighted by molar-refractivity contribution is 5.84. The monoisotopic (exact) mass is 308 g/mol. The van der Waals surface area contributed by atoms with Gasteiger partial charge >= 0.3 is 0 Å². The number of halogens is 1. The fourth-order valence-electron chi connectivity index (χ4n) is 2.64. The zero-order chi connectivity index (χ0) is 16.3. The fraction of sp³-hybridized carbons (Fsp3) is 0.500. The van der Waals surface area contributed by atoms with Gasteiger partial charge in [0.25, 0.3) is 5.91 Å². The Hall–Kier alpha value is -1.95. The molecule has 5 nitrogen and oxygen atoms in total. The van der Waals surface area contributed by atoms with Crippen LogP contribution < -0.4 is 0 Å². The highest BCUT2D eigenvalue weighted by Gasteiger charge is 2.29. The zero-order valence-corrected chi connectivity index (χ0v) is 12.8. The van der Waals surface area contributed by atoms with Crippen LogP contribution in [0.3, 0.4) is 0 Å². The first kappa shape index (κ1) is 16.4. The van der Waals surface area contributed by atoms with Gasteiger partial charge in [-0.1, -0.05) is 18.2 Å². The number of piperazine rings is 1. The minimum absolute atomic E-state index is 0.144. The average Bonchev–Trinajstić information content (AvgIpc) is 2.53. The van der Waals surface area contributed by atoms with Crippen molar-refractivity contribution in [2.75, 3.05) is 26.2 Å². The van der Waals surface area contributed by atoms with E-state index in [0.717, 1.165) is 0 Å². The molecule has 1 aromatic carbocycles. The van der Waals surface area contributed by atoms with E-state index in [2.05, 4.69) is 0 Å². The maximum absolute atomic E-state index is 13.8. The molecule has 120 valence electrons. The number of benzene rings is 1. The zero-order valence-electron chi connectivity index (χ0n) is 12.8. The SMILES string of the molecule is CC(O)C(=O)N1CCN(C(=O)C(C)c2ccccc2F)CC1. The number of aliphatic hydroxyl groups excluding tert-OH is 1. The van der Waals surface area contributed by atoms with Gasteiger partial charge in [0.15, 0.2) is 0 Å². The molecule has 0 aromatic heterocycles. The first-order chi connectivity index (χ1) is 10.4. The number of hydrogen-bond acceptors (Lipinski definition) is 3. The van der Waals surface area contributed by atoms with Gasteiger partial charge < -0.3 is 14.9 Å². The van der Waals surface area contributed by atoms with Crippen molar-refractivity contribution < 1.29 is 19.1 Å². The average molecular weight is 308 g/mol. The summed E-state index contributed by atoms with van der Waals surface area (Å²) in [5.41, 5.74) is 0.384. The van der Waals surface area contributed by atoms with Crippen molar-refractivity contribution in [2.45, 2.75) is 25.9 Å². The molecular weight excluding hydrogens is 287 g/mol. The quantitative estimate of drug-likeness (QED) is 0.905. The minimum Gasteiger partial charge on any atom is -0.384 e. The van der Waals surface area contributed by atoms with Crippen LogP contribution in [0, 0.1) is 5.82 Å². The summed E-state index contributed by atoms with van der Waals surface area (Å²) >= 11 is 0. The lowest BCUT2D eigenvalue weighted by Crippen LogP contribution is -2.53. The van der Waals surface area contributed by atoms with E-state index < -0.39 is 12.0 Å². The van der Waals surface area contributed by atoms with E-state index in [9.17, 15) is 19.1 Å². The molecule has 0 radical (unpaired) electrons. The molecule has 2 rings (SSSR count). The molecule has 1 aliphatic heterocycles. The van der Waals surface area contributed by atoms with E-state index in [-0.39, 0.29) is 17.6 Å². The van der Waals surface area contributed by atoms with Crippen LogP contribution in [0.1, 0.15) is 25.3 Å². The first-order valence-electron chi connectivity index (χ1n) is 7.42. The van der Waals surface area contributed by atoms with Crippen LogP contribution >= 0.6 is 0 Å². The summed E-state index contributed by atoms with van der Waals surface area (Å²) in [5, 5.41) is 9.30. The molecule has 2 atom stereocenters. The predicted octanol–water partition coefficient (Wildman–Crippen LogP) is 0.981. The molecule has 0 aliphatic carbocycles. The summed E-state index contributed by atoms with van der Waals surface area (Å²) < 4.78 is 13.8. The molecule has 2 amide bonds. The van der Waals surface area contributed by atoms with Crippen molar-refractivity contribution in [1.29, 1.82) is 0 Å². The smallest absolute Gasteiger partial charge is 0.251 e. The second kappa shape index (κ2) is 6.87. The molecule has 0 spiro atoms. The molecule has 1 aliphatic rings. The Morgan fingerprint density at radius 1 is 1.05 bits per heavy atom.